The van der Waals surface area contributed by atoms with Gasteiger partial charge in [0.05, 0.1) is 18.4 Å². The Bertz CT molecular complexity index is 1460. The molecule has 0 spiro atoms. The van der Waals surface area contributed by atoms with Gasteiger partial charge < -0.3 is 4.57 Å². The van der Waals surface area contributed by atoms with Crippen LogP contribution in [0.15, 0.2) is 91.1 Å². The first kappa shape index (κ1) is 17.6. The van der Waals surface area contributed by atoms with Crippen molar-refractivity contribution in [2.75, 3.05) is 0 Å². The summed E-state index contributed by atoms with van der Waals surface area (Å²) in [7, 11) is 0. The Hall–Kier alpha value is -4.25. The minimum Gasteiger partial charge on any atom is -0.335 e. The van der Waals surface area contributed by atoms with Crippen LogP contribution in [0.1, 0.15) is 21.7 Å². The average molecular weight is 402 g/mol. The second-order valence-corrected chi connectivity index (χ2v) is 7.65. The fourth-order valence-electron chi connectivity index (χ4n) is 4.21. The molecule has 0 saturated carbocycles. The fraction of sp³-hybridized carbons (Fsp3) is 0.0385. The molecule has 3 heterocycles. The molecule has 0 fully saturated rings. The zero-order valence-corrected chi connectivity index (χ0v) is 16.6. The molecule has 0 aliphatic carbocycles. The number of ketones is 1. The standard InChI is InChI=1S/C26H18N4O/c31-26(20-12-10-19(11-13-20)18-6-2-1-3-7-18)25-15-22-14-21-8-4-5-9-24(21)29(22)17-23-16-27-28-30(23)25/h1-16H,17H2. The molecule has 3 aromatic carbocycles. The summed E-state index contributed by atoms with van der Waals surface area (Å²) in [5.74, 6) is -0.0786. The van der Waals surface area contributed by atoms with Gasteiger partial charge in [0.15, 0.2) is 0 Å². The zero-order valence-electron chi connectivity index (χ0n) is 16.6. The van der Waals surface area contributed by atoms with E-state index in [2.05, 4.69) is 45.2 Å². The first-order valence-electron chi connectivity index (χ1n) is 10.2. The monoisotopic (exact) mass is 402 g/mol. The molecule has 31 heavy (non-hydrogen) atoms. The summed E-state index contributed by atoms with van der Waals surface area (Å²) in [5, 5.41) is 9.43. The van der Waals surface area contributed by atoms with Gasteiger partial charge in [0.2, 0.25) is 5.78 Å². The van der Waals surface area contributed by atoms with Gasteiger partial charge in [-0.25, -0.2) is 4.68 Å². The summed E-state index contributed by atoms with van der Waals surface area (Å²) >= 11 is 0. The highest BCUT2D eigenvalue weighted by Gasteiger charge is 2.23. The number of allylic oxidation sites excluding steroid dienone is 1. The third-order valence-electron chi connectivity index (χ3n) is 5.78. The van der Waals surface area contributed by atoms with Crippen LogP contribution in [0.25, 0.3) is 33.8 Å². The first-order valence-corrected chi connectivity index (χ1v) is 10.2. The molecule has 148 valence electrons. The Morgan fingerprint density at radius 2 is 1.58 bits per heavy atom. The van der Waals surface area contributed by atoms with Crippen molar-refractivity contribution in [3.63, 3.8) is 0 Å². The van der Waals surface area contributed by atoms with E-state index in [1.807, 2.05) is 60.7 Å². The number of nitrogens with zero attached hydrogens (tertiary/aromatic N) is 4. The SMILES string of the molecule is O=C(C1=Cc2cc3ccccc3n2Cc2cnnn21)c1ccc(-c2ccccc2)cc1. The maximum Gasteiger partial charge on any atom is 0.211 e. The number of hydrogen-bond acceptors (Lipinski definition) is 3. The molecule has 6 rings (SSSR count). The summed E-state index contributed by atoms with van der Waals surface area (Å²) in [5.41, 5.74) is 6.31. The van der Waals surface area contributed by atoms with Gasteiger partial charge in [0.1, 0.15) is 5.70 Å². The largest absolute Gasteiger partial charge is 0.335 e. The van der Waals surface area contributed by atoms with Crippen LogP contribution in [-0.4, -0.2) is 25.3 Å². The number of fused-ring (bicyclic) bond motifs is 4. The van der Waals surface area contributed by atoms with Crippen LogP contribution in [0.5, 0.6) is 0 Å². The molecule has 1 aliphatic heterocycles. The van der Waals surface area contributed by atoms with Crippen LogP contribution in [0.4, 0.5) is 0 Å². The topological polar surface area (TPSA) is 52.7 Å². The van der Waals surface area contributed by atoms with Crippen LogP contribution in [0.2, 0.25) is 0 Å². The van der Waals surface area contributed by atoms with Gasteiger partial charge in [-0.05, 0) is 29.3 Å². The van der Waals surface area contributed by atoms with Crippen molar-refractivity contribution in [2.45, 2.75) is 6.54 Å². The van der Waals surface area contributed by atoms with Crippen molar-refractivity contribution in [3.8, 4) is 11.1 Å². The molecule has 5 aromatic rings. The van der Waals surface area contributed by atoms with Crippen molar-refractivity contribution < 1.29 is 4.79 Å². The number of Topliss-reactive ketones (excluding diaryl/α,β-unsaturated/α-hetero) is 1. The van der Waals surface area contributed by atoms with Crippen LogP contribution < -0.4 is 0 Å². The van der Waals surface area contributed by atoms with Gasteiger partial charge in [-0.15, -0.1) is 5.10 Å². The number of aromatic nitrogens is 4. The number of carbonyl (C=O) groups excluding carboxylic acids is 1. The Labute approximate surface area is 178 Å². The Morgan fingerprint density at radius 1 is 0.839 bits per heavy atom. The highest BCUT2D eigenvalue weighted by atomic mass is 16.1. The predicted molar refractivity (Wildman–Crippen MR) is 121 cm³/mol. The maximum atomic E-state index is 13.5. The fourth-order valence-corrected chi connectivity index (χ4v) is 4.21. The van der Waals surface area contributed by atoms with Gasteiger partial charge >= 0.3 is 0 Å². The van der Waals surface area contributed by atoms with Crippen molar-refractivity contribution in [3.05, 3.63) is 108 Å². The first-order chi connectivity index (χ1) is 15.3. The lowest BCUT2D eigenvalue weighted by molar-refractivity contribution is 0.105. The van der Waals surface area contributed by atoms with Crippen molar-refractivity contribution in [1.82, 2.24) is 19.6 Å². The molecular weight excluding hydrogens is 384 g/mol. The summed E-state index contributed by atoms with van der Waals surface area (Å²) < 4.78 is 3.86. The van der Waals surface area contributed by atoms with E-state index in [1.54, 1.807) is 10.9 Å². The van der Waals surface area contributed by atoms with E-state index in [4.69, 9.17) is 0 Å². The number of hydrogen-bond donors (Lipinski definition) is 0. The van der Waals surface area contributed by atoms with Gasteiger partial charge in [-0.1, -0.05) is 78.0 Å². The normalized spacial score (nSPS) is 12.7. The minimum atomic E-state index is -0.0786. The minimum absolute atomic E-state index is 0.0786. The van der Waals surface area contributed by atoms with Crippen molar-refractivity contribution >= 4 is 28.5 Å². The lowest BCUT2D eigenvalue weighted by Crippen LogP contribution is -2.13. The molecule has 0 atom stereocenters. The van der Waals surface area contributed by atoms with E-state index in [-0.39, 0.29) is 5.78 Å². The number of rotatable bonds is 3. The van der Waals surface area contributed by atoms with E-state index in [0.29, 0.717) is 17.8 Å². The second kappa shape index (κ2) is 6.92. The Balaban J connectivity index is 1.44. The summed E-state index contributed by atoms with van der Waals surface area (Å²) in [4.78, 5) is 13.5. The molecule has 0 bridgehead atoms. The number of para-hydroxylation sites is 1. The predicted octanol–water partition coefficient (Wildman–Crippen LogP) is 5.14. The molecule has 0 amide bonds. The van der Waals surface area contributed by atoms with E-state index in [9.17, 15) is 4.79 Å². The molecule has 5 nitrogen and oxygen atoms in total. The average Bonchev–Trinajstić information content (AvgIpc) is 3.39. The van der Waals surface area contributed by atoms with Crippen LogP contribution in [0, 0.1) is 0 Å². The third kappa shape index (κ3) is 2.90. The van der Waals surface area contributed by atoms with Gasteiger partial charge in [-0.3, -0.25) is 4.79 Å². The van der Waals surface area contributed by atoms with Crippen LogP contribution in [0.3, 0.4) is 0 Å². The highest BCUT2D eigenvalue weighted by Crippen LogP contribution is 2.29. The molecule has 5 heteroatoms. The van der Waals surface area contributed by atoms with Gasteiger partial charge in [-0.2, -0.15) is 0 Å². The molecular formula is C26H18N4O. The maximum absolute atomic E-state index is 13.5. The van der Waals surface area contributed by atoms with E-state index in [0.717, 1.165) is 33.4 Å². The summed E-state index contributed by atoms with van der Waals surface area (Å²) in [6.45, 7) is 0.607. The second-order valence-electron chi connectivity index (χ2n) is 7.65. The molecule has 0 unspecified atom stereocenters. The van der Waals surface area contributed by atoms with Gasteiger partial charge in [0.25, 0.3) is 0 Å². The van der Waals surface area contributed by atoms with E-state index < -0.39 is 0 Å². The molecule has 0 radical (unpaired) electrons. The smallest absolute Gasteiger partial charge is 0.211 e. The molecule has 1 aliphatic rings. The highest BCUT2D eigenvalue weighted by molar-refractivity contribution is 6.28. The van der Waals surface area contributed by atoms with Crippen molar-refractivity contribution in [1.29, 1.82) is 0 Å². The van der Waals surface area contributed by atoms with Crippen LogP contribution >= 0.6 is 0 Å². The summed E-state index contributed by atoms with van der Waals surface area (Å²) in [6, 6.07) is 28.2. The molecule has 2 aromatic heterocycles. The van der Waals surface area contributed by atoms with E-state index >= 15 is 0 Å². The number of carbonyl (C=O) groups is 1. The Kier molecular flexibility index (Phi) is 3.93. The third-order valence-corrected chi connectivity index (χ3v) is 5.78. The lowest BCUT2D eigenvalue weighted by Gasteiger charge is -2.09. The summed E-state index contributed by atoms with van der Waals surface area (Å²) in [6.07, 6.45) is 3.64. The molecule has 0 N–H and O–H groups in total. The number of benzene rings is 3. The zero-order chi connectivity index (χ0) is 20.8. The Morgan fingerprint density at radius 3 is 2.42 bits per heavy atom. The molecule has 0 saturated heterocycles. The lowest BCUT2D eigenvalue weighted by atomic mass is 10.0. The van der Waals surface area contributed by atoms with Crippen LogP contribution in [-0.2, 0) is 6.54 Å². The quantitative estimate of drug-likeness (QED) is 0.393. The van der Waals surface area contributed by atoms with Crippen molar-refractivity contribution in [2.24, 2.45) is 0 Å². The van der Waals surface area contributed by atoms with Gasteiger partial charge in [0, 0.05) is 22.2 Å². The van der Waals surface area contributed by atoms with E-state index in [1.165, 1.54) is 0 Å².